The molecule has 1 fully saturated rings. The monoisotopic (exact) mass is 411 g/mol. The zero-order valence-electron chi connectivity index (χ0n) is 17.4. The Labute approximate surface area is 177 Å². The number of benzene rings is 2. The molecule has 1 heterocycles. The van der Waals surface area contributed by atoms with Crippen LogP contribution in [-0.2, 0) is 9.53 Å². The van der Waals surface area contributed by atoms with Crippen molar-refractivity contribution in [3.63, 3.8) is 0 Å². The van der Waals surface area contributed by atoms with Crippen LogP contribution in [0.3, 0.4) is 0 Å². The molecular weight excluding hydrogens is 382 g/mol. The van der Waals surface area contributed by atoms with Crippen molar-refractivity contribution in [3.8, 4) is 5.75 Å². The van der Waals surface area contributed by atoms with Gasteiger partial charge >= 0.3 is 0 Å². The van der Waals surface area contributed by atoms with Gasteiger partial charge in [0.15, 0.2) is 0 Å². The molecule has 0 aliphatic carbocycles. The average molecular weight is 412 g/mol. The largest absolute Gasteiger partial charge is 0.490 e. The first-order valence-electron chi connectivity index (χ1n) is 10.3. The van der Waals surface area contributed by atoms with E-state index < -0.39 is 0 Å². The third kappa shape index (κ3) is 5.97. The first kappa shape index (κ1) is 21.6. The molecule has 0 spiro atoms. The van der Waals surface area contributed by atoms with Crippen LogP contribution in [0.15, 0.2) is 54.6 Å². The maximum Gasteiger partial charge on any atom is 0.255 e. The highest BCUT2D eigenvalue weighted by molar-refractivity contribution is 5.98. The summed E-state index contributed by atoms with van der Waals surface area (Å²) in [4.78, 5) is 29.2. The Morgan fingerprint density at radius 2 is 1.63 bits per heavy atom. The van der Waals surface area contributed by atoms with Gasteiger partial charge in [0.05, 0.1) is 18.7 Å². The van der Waals surface area contributed by atoms with Gasteiger partial charge in [0.25, 0.3) is 5.91 Å². The van der Waals surface area contributed by atoms with Gasteiger partial charge in [-0.25, -0.2) is 0 Å². The standard InChI is InChI=1S/C23H29N3O4/c1-2-29-16-17-30-21-11-7-6-10-20(21)23(28)24-18-22(27)26-14-12-25(13-15-26)19-8-4-3-5-9-19/h3-11H,2,12-18H2,1H3,(H,24,28). The summed E-state index contributed by atoms with van der Waals surface area (Å²) in [5.74, 6) is 0.0858. The lowest BCUT2D eigenvalue weighted by Gasteiger charge is -2.36. The second-order valence-corrected chi connectivity index (χ2v) is 6.93. The number of amides is 2. The summed E-state index contributed by atoms with van der Waals surface area (Å²) in [5, 5.41) is 2.73. The van der Waals surface area contributed by atoms with Crippen LogP contribution in [0.4, 0.5) is 5.69 Å². The quantitative estimate of drug-likeness (QED) is 0.641. The molecule has 1 aliphatic heterocycles. The fraction of sp³-hybridized carbons (Fsp3) is 0.391. The van der Waals surface area contributed by atoms with E-state index in [0.29, 0.717) is 44.2 Å². The third-order valence-electron chi connectivity index (χ3n) is 4.97. The van der Waals surface area contributed by atoms with Crippen molar-refractivity contribution in [1.82, 2.24) is 10.2 Å². The summed E-state index contributed by atoms with van der Waals surface area (Å²) in [5.41, 5.74) is 1.58. The molecule has 2 amide bonds. The Bertz CT molecular complexity index is 820. The molecule has 0 unspecified atom stereocenters. The number of nitrogens with one attached hydrogen (secondary N) is 1. The molecule has 2 aromatic carbocycles. The number of para-hydroxylation sites is 2. The van der Waals surface area contributed by atoms with Crippen LogP contribution in [0, 0.1) is 0 Å². The molecule has 1 saturated heterocycles. The summed E-state index contributed by atoms with van der Waals surface area (Å²) in [7, 11) is 0. The minimum absolute atomic E-state index is 0.0303. The Balaban J connectivity index is 1.46. The second-order valence-electron chi connectivity index (χ2n) is 6.93. The van der Waals surface area contributed by atoms with Crippen molar-refractivity contribution in [2.45, 2.75) is 6.92 Å². The van der Waals surface area contributed by atoms with Crippen molar-refractivity contribution in [2.24, 2.45) is 0 Å². The van der Waals surface area contributed by atoms with Crippen molar-refractivity contribution in [2.75, 3.05) is 57.4 Å². The SMILES string of the molecule is CCOCCOc1ccccc1C(=O)NCC(=O)N1CCN(c2ccccc2)CC1. The smallest absolute Gasteiger partial charge is 0.255 e. The molecule has 0 atom stereocenters. The first-order chi connectivity index (χ1) is 14.7. The molecule has 0 aromatic heterocycles. The molecule has 160 valence electrons. The van der Waals surface area contributed by atoms with Gasteiger partial charge in [-0.1, -0.05) is 30.3 Å². The van der Waals surface area contributed by atoms with Gasteiger partial charge in [-0.3, -0.25) is 9.59 Å². The number of hydrogen-bond donors (Lipinski definition) is 1. The highest BCUT2D eigenvalue weighted by Gasteiger charge is 2.22. The Morgan fingerprint density at radius 1 is 0.933 bits per heavy atom. The van der Waals surface area contributed by atoms with Gasteiger partial charge in [0.2, 0.25) is 5.91 Å². The van der Waals surface area contributed by atoms with E-state index in [-0.39, 0.29) is 18.4 Å². The third-order valence-corrected chi connectivity index (χ3v) is 4.97. The van der Waals surface area contributed by atoms with E-state index in [1.54, 1.807) is 23.1 Å². The van der Waals surface area contributed by atoms with Crippen molar-refractivity contribution in [3.05, 3.63) is 60.2 Å². The van der Waals surface area contributed by atoms with E-state index in [9.17, 15) is 9.59 Å². The molecule has 2 aromatic rings. The topological polar surface area (TPSA) is 71.1 Å². The van der Waals surface area contributed by atoms with Gasteiger partial charge in [0.1, 0.15) is 12.4 Å². The van der Waals surface area contributed by atoms with Crippen LogP contribution in [0.25, 0.3) is 0 Å². The molecule has 7 nitrogen and oxygen atoms in total. The van der Waals surface area contributed by atoms with Crippen molar-refractivity contribution < 1.29 is 19.1 Å². The minimum Gasteiger partial charge on any atom is -0.490 e. The van der Waals surface area contributed by atoms with E-state index >= 15 is 0 Å². The van der Waals surface area contributed by atoms with Crippen LogP contribution < -0.4 is 15.0 Å². The van der Waals surface area contributed by atoms with E-state index in [1.807, 2.05) is 31.2 Å². The number of hydrogen-bond acceptors (Lipinski definition) is 5. The number of anilines is 1. The van der Waals surface area contributed by atoms with E-state index in [0.717, 1.165) is 13.1 Å². The number of nitrogens with zero attached hydrogens (tertiary/aromatic N) is 2. The lowest BCUT2D eigenvalue weighted by molar-refractivity contribution is -0.130. The molecule has 30 heavy (non-hydrogen) atoms. The molecule has 3 rings (SSSR count). The number of piperazine rings is 1. The van der Waals surface area contributed by atoms with Gasteiger partial charge in [-0.05, 0) is 31.2 Å². The van der Waals surface area contributed by atoms with E-state index in [2.05, 4.69) is 22.3 Å². The molecule has 0 radical (unpaired) electrons. The van der Waals surface area contributed by atoms with E-state index in [4.69, 9.17) is 9.47 Å². The molecular formula is C23H29N3O4. The molecule has 7 heteroatoms. The summed E-state index contributed by atoms with van der Waals surface area (Å²) in [6.07, 6.45) is 0. The highest BCUT2D eigenvalue weighted by Crippen LogP contribution is 2.18. The Hall–Kier alpha value is -3.06. The number of carbonyl (C=O) groups is 2. The van der Waals surface area contributed by atoms with Crippen LogP contribution in [0.2, 0.25) is 0 Å². The maximum atomic E-state index is 12.6. The van der Waals surface area contributed by atoms with Gasteiger partial charge in [0, 0.05) is 38.5 Å². The van der Waals surface area contributed by atoms with Crippen LogP contribution >= 0.6 is 0 Å². The Kier molecular flexibility index (Phi) is 8.09. The number of carbonyl (C=O) groups excluding carboxylic acids is 2. The zero-order chi connectivity index (χ0) is 21.2. The van der Waals surface area contributed by atoms with Crippen LogP contribution in [0.5, 0.6) is 5.75 Å². The summed E-state index contributed by atoms with van der Waals surface area (Å²) < 4.78 is 10.9. The Morgan fingerprint density at radius 3 is 2.37 bits per heavy atom. The summed E-state index contributed by atoms with van der Waals surface area (Å²) >= 11 is 0. The lowest BCUT2D eigenvalue weighted by atomic mass is 10.2. The predicted octanol–water partition coefficient (Wildman–Crippen LogP) is 2.18. The van der Waals surface area contributed by atoms with E-state index in [1.165, 1.54) is 5.69 Å². The fourth-order valence-electron chi connectivity index (χ4n) is 3.35. The summed E-state index contributed by atoms with van der Waals surface area (Å²) in [6, 6.07) is 17.2. The maximum absolute atomic E-state index is 12.6. The highest BCUT2D eigenvalue weighted by atomic mass is 16.5. The second kappa shape index (κ2) is 11.2. The number of ether oxygens (including phenoxy) is 2. The first-order valence-corrected chi connectivity index (χ1v) is 10.3. The van der Waals surface area contributed by atoms with Crippen LogP contribution in [0.1, 0.15) is 17.3 Å². The average Bonchev–Trinajstić information content (AvgIpc) is 2.81. The normalized spacial score (nSPS) is 13.8. The lowest BCUT2D eigenvalue weighted by Crippen LogP contribution is -2.51. The van der Waals surface area contributed by atoms with Gasteiger partial charge in [-0.2, -0.15) is 0 Å². The van der Waals surface area contributed by atoms with Crippen molar-refractivity contribution >= 4 is 17.5 Å². The van der Waals surface area contributed by atoms with Crippen molar-refractivity contribution in [1.29, 1.82) is 0 Å². The molecule has 1 aliphatic rings. The number of rotatable bonds is 9. The molecule has 0 saturated carbocycles. The molecule has 1 N–H and O–H groups in total. The van der Waals surface area contributed by atoms with Gasteiger partial charge in [-0.15, -0.1) is 0 Å². The fourth-order valence-corrected chi connectivity index (χ4v) is 3.35. The minimum atomic E-state index is -0.321. The zero-order valence-corrected chi connectivity index (χ0v) is 17.4. The summed E-state index contributed by atoms with van der Waals surface area (Å²) in [6.45, 7) is 6.16. The van der Waals surface area contributed by atoms with Gasteiger partial charge < -0.3 is 24.6 Å². The molecule has 0 bridgehead atoms. The predicted molar refractivity (Wildman–Crippen MR) is 116 cm³/mol. The van der Waals surface area contributed by atoms with Crippen LogP contribution in [-0.4, -0.2) is 69.3 Å².